The normalized spacial score (nSPS) is 10.1. The molecule has 0 saturated heterocycles. The molecule has 0 N–H and O–H groups in total. The van der Waals surface area contributed by atoms with Crippen LogP contribution < -0.4 is 9.47 Å². The van der Waals surface area contributed by atoms with Gasteiger partial charge in [-0.3, -0.25) is 19.2 Å². The van der Waals surface area contributed by atoms with E-state index in [2.05, 4.69) is 11.8 Å². The van der Waals surface area contributed by atoms with E-state index in [0.717, 1.165) is 11.1 Å². The maximum absolute atomic E-state index is 13.0. The smallest absolute Gasteiger partial charge is 0.233 e. The van der Waals surface area contributed by atoms with E-state index in [4.69, 9.17) is 22.3 Å². The molecule has 0 aromatic heterocycles. The number of terminal acetylenes is 2. The molecule has 0 bridgehead atoms. The van der Waals surface area contributed by atoms with E-state index in [1.54, 1.807) is 72.8 Å². The summed E-state index contributed by atoms with van der Waals surface area (Å²) >= 11 is 0. The van der Waals surface area contributed by atoms with Crippen molar-refractivity contribution in [2.24, 2.45) is 0 Å². The topological polar surface area (TPSA) is 86.7 Å². The Morgan fingerprint density at radius 3 is 1.02 bits per heavy atom. The first-order valence-corrected chi connectivity index (χ1v) is 13.3. The predicted octanol–water partition coefficient (Wildman–Crippen LogP) is 7.37. The van der Waals surface area contributed by atoms with E-state index in [1.807, 2.05) is 0 Å². The van der Waals surface area contributed by atoms with E-state index in [-0.39, 0.29) is 22.3 Å². The molecule has 210 valence electrons. The molecule has 0 atom stereocenters. The van der Waals surface area contributed by atoms with Crippen LogP contribution in [0.1, 0.15) is 52.6 Å². The SMILES string of the molecule is C#Cc1ccc(Oc2ccc(C(=O)C(=O)c3cccc(C(=O)C(=O)c4ccc(Oc5ccc(C#C)cc5)cc4)c3)cc2)cc1. The van der Waals surface area contributed by atoms with Gasteiger partial charge in [-0.05, 0) is 103 Å². The van der Waals surface area contributed by atoms with Crippen LogP contribution in [0.3, 0.4) is 0 Å². The quantitative estimate of drug-likeness (QED) is 0.0984. The molecule has 0 amide bonds. The molecule has 0 aliphatic carbocycles. The number of Topliss-reactive ketones (excluding diaryl/α,β-unsaturated/α-hetero) is 4. The summed E-state index contributed by atoms with van der Waals surface area (Å²) in [5.74, 6) is 3.94. The number of benzene rings is 5. The molecule has 5 aromatic carbocycles. The van der Waals surface area contributed by atoms with Crippen LogP contribution in [0.15, 0.2) is 121 Å². The monoisotopic (exact) mass is 574 g/mol. The average molecular weight is 575 g/mol. The molecule has 5 rings (SSSR count). The van der Waals surface area contributed by atoms with Crippen LogP contribution in [0.4, 0.5) is 0 Å². The van der Waals surface area contributed by atoms with Gasteiger partial charge in [0, 0.05) is 33.4 Å². The van der Waals surface area contributed by atoms with Gasteiger partial charge in [-0.2, -0.15) is 0 Å². The van der Waals surface area contributed by atoms with Crippen molar-refractivity contribution in [1.82, 2.24) is 0 Å². The molecule has 6 heteroatoms. The predicted molar refractivity (Wildman–Crippen MR) is 166 cm³/mol. The van der Waals surface area contributed by atoms with Gasteiger partial charge in [-0.1, -0.05) is 30.0 Å². The standard InChI is InChI=1S/C38H22O6/c1-3-25-8-16-31(17-9-25)43-33-20-12-27(13-21-33)35(39)37(41)29-6-5-7-30(24-29)38(42)36(40)28-14-22-34(23-15-28)44-32-18-10-26(4-2)11-19-32/h1-2,5-24H. The Bertz CT molecular complexity index is 1810. The van der Waals surface area contributed by atoms with Gasteiger partial charge in [0.05, 0.1) is 0 Å². The van der Waals surface area contributed by atoms with E-state index in [9.17, 15) is 19.2 Å². The Labute approximate surface area is 253 Å². The van der Waals surface area contributed by atoms with E-state index < -0.39 is 23.1 Å². The van der Waals surface area contributed by atoms with Crippen molar-refractivity contribution >= 4 is 23.1 Å². The number of hydrogen-bond acceptors (Lipinski definition) is 6. The van der Waals surface area contributed by atoms with Crippen LogP contribution in [0.2, 0.25) is 0 Å². The zero-order chi connectivity index (χ0) is 31.1. The zero-order valence-corrected chi connectivity index (χ0v) is 23.2. The highest BCUT2D eigenvalue weighted by Gasteiger charge is 2.23. The van der Waals surface area contributed by atoms with Gasteiger partial charge in [0.2, 0.25) is 23.1 Å². The summed E-state index contributed by atoms with van der Waals surface area (Å²) in [6.45, 7) is 0. The van der Waals surface area contributed by atoms with Gasteiger partial charge in [-0.15, -0.1) is 12.8 Å². The summed E-state index contributed by atoms with van der Waals surface area (Å²) in [4.78, 5) is 51.9. The first kappa shape index (κ1) is 29.0. The highest BCUT2D eigenvalue weighted by molar-refractivity contribution is 6.51. The molecule has 0 unspecified atom stereocenters. The molecule has 0 spiro atoms. The Morgan fingerprint density at radius 1 is 0.409 bits per heavy atom. The van der Waals surface area contributed by atoms with Crippen molar-refractivity contribution in [3.05, 3.63) is 155 Å². The summed E-state index contributed by atoms with van der Waals surface area (Å²) in [6, 6.07) is 31.6. The molecule has 6 nitrogen and oxygen atoms in total. The van der Waals surface area contributed by atoms with Crippen LogP contribution in [0.5, 0.6) is 23.0 Å². The van der Waals surface area contributed by atoms with E-state index in [0.29, 0.717) is 23.0 Å². The van der Waals surface area contributed by atoms with Crippen LogP contribution >= 0.6 is 0 Å². The summed E-state index contributed by atoms with van der Waals surface area (Å²) in [6.07, 6.45) is 10.7. The lowest BCUT2D eigenvalue weighted by molar-refractivity contribution is 0.0812. The lowest BCUT2D eigenvalue weighted by Gasteiger charge is -2.08. The third-order valence-corrected chi connectivity index (χ3v) is 6.55. The van der Waals surface area contributed by atoms with Crippen molar-refractivity contribution in [3.8, 4) is 47.7 Å². The summed E-state index contributed by atoms with van der Waals surface area (Å²) in [5, 5.41) is 0. The van der Waals surface area contributed by atoms with Crippen molar-refractivity contribution < 1.29 is 28.7 Å². The largest absolute Gasteiger partial charge is 0.457 e. The van der Waals surface area contributed by atoms with Crippen LogP contribution in [0.25, 0.3) is 0 Å². The molecule has 0 heterocycles. The molecule has 0 radical (unpaired) electrons. The van der Waals surface area contributed by atoms with Crippen LogP contribution in [-0.4, -0.2) is 23.1 Å². The second-order valence-corrected chi connectivity index (χ2v) is 9.49. The molecule has 0 aliphatic heterocycles. The van der Waals surface area contributed by atoms with Crippen molar-refractivity contribution in [3.63, 3.8) is 0 Å². The fourth-order valence-corrected chi connectivity index (χ4v) is 4.19. The fraction of sp³-hybridized carbons (Fsp3) is 0. The molecular weight excluding hydrogens is 552 g/mol. The number of ether oxygens (including phenoxy) is 2. The lowest BCUT2D eigenvalue weighted by atomic mass is 9.96. The Kier molecular flexibility index (Phi) is 8.57. The van der Waals surface area contributed by atoms with Crippen LogP contribution in [-0.2, 0) is 0 Å². The summed E-state index contributed by atoms with van der Waals surface area (Å²) in [5.41, 5.74) is 1.70. The first-order valence-electron chi connectivity index (χ1n) is 13.3. The first-order chi connectivity index (χ1) is 21.3. The van der Waals surface area contributed by atoms with E-state index in [1.165, 1.54) is 48.5 Å². The lowest BCUT2D eigenvalue weighted by Crippen LogP contribution is -2.17. The number of hydrogen-bond donors (Lipinski definition) is 0. The second-order valence-electron chi connectivity index (χ2n) is 9.49. The number of rotatable bonds is 10. The summed E-state index contributed by atoms with van der Waals surface area (Å²) < 4.78 is 11.5. The summed E-state index contributed by atoms with van der Waals surface area (Å²) in [7, 11) is 0. The molecule has 5 aromatic rings. The maximum Gasteiger partial charge on any atom is 0.233 e. The Balaban J connectivity index is 1.23. The number of carbonyl (C=O) groups excluding carboxylic acids is 4. The van der Waals surface area contributed by atoms with Crippen molar-refractivity contribution in [2.75, 3.05) is 0 Å². The fourth-order valence-electron chi connectivity index (χ4n) is 4.19. The highest BCUT2D eigenvalue weighted by atomic mass is 16.5. The third-order valence-electron chi connectivity index (χ3n) is 6.55. The van der Waals surface area contributed by atoms with Gasteiger partial charge < -0.3 is 9.47 Å². The molecule has 44 heavy (non-hydrogen) atoms. The Hall–Kier alpha value is -6.50. The van der Waals surface area contributed by atoms with Crippen molar-refractivity contribution in [2.45, 2.75) is 0 Å². The minimum absolute atomic E-state index is 0.0119. The maximum atomic E-state index is 13.0. The zero-order valence-electron chi connectivity index (χ0n) is 23.2. The van der Waals surface area contributed by atoms with Gasteiger partial charge >= 0.3 is 0 Å². The van der Waals surface area contributed by atoms with Gasteiger partial charge in [0.15, 0.2) is 0 Å². The third kappa shape index (κ3) is 6.69. The molecule has 0 aliphatic rings. The van der Waals surface area contributed by atoms with Crippen LogP contribution in [0, 0.1) is 24.7 Å². The molecular formula is C38H22O6. The number of ketones is 4. The molecule has 0 fully saturated rings. The second kappa shape index (κ2) is 13.0. The Morgan fingerprint density at radius 2 is 0.705 bits per heavy atom. The van der Waals surface area contributed by atoms with E-state index >= 15 is 0 Å². The average Bonchev–Trinajstić information content (AvgIpc) is 3.08. The van der Waals surface area contributed by atoms with Gasteiger partial charge in [-0.25, -0.2) is 0 Å². The van der Waals surface area contributed by atoms with Gasteiger partial charge in [0.25, 0.3) is 0 Å². The minimum Gasteiger partial charge on any atom is -0.457 e. The number of carbonyl (C=O) groups is 4. The van der Waals surface area contributed by atoms with Crippen molar-refractivity contribution in [1.29, 1.82) is 0 Å². The van der Waals surface area contributed by atoms with Gasteiger partial charge in [0.1, 0.15) is 23.0 Å². The molecule has 0 saturated carbocycles. The highest BCUT2D eigenvalue weighted by Crippen LogP contribution is 2.24. The minimum atomic E-state index is -0.817.